The number of anilines is 3. The Morgan fingerprint density at radius 1 is 0.920 bits per heavy atom. The van der Waals surface area contributed by atoms with Crippen molar-refractivity contribution in [2.45, 2.75) is 6.42 Å². The first-order valence-corrected chi connectivity index (χ1v) is 7.61. The molecule has 1 heterocycles. The van der Waals surface area contributed by atoms with Crippen molar-refractivity contribution in [3.63, 3.8) is 0 Å². The van der Waals surface area contributed by atoms with Crippen LogP contribution >= 0.6 is 0 Å². The smallest absolute Gasteiger partial charge is 0.228 e. The Hall–Kier alpha value is -3.28. The fourth-order valence-corrected chi connectivity index (χ4v) is 2.26. The Morgan fingerprint density at radius 2 is 1.68 bits per heavy atom. The summed E-state index contributed by atoms with van der Waals surface area (Å²) < 4.78 is 26.0. The molecule has 0 aliphatic heterocycles. The average molecular weight is 339 g/mol. The van der Waals surface area contributed by atoms with Crippen LogP contribution in [0.2, 0.25) is 0 Å². The topological polar surface area (TPSA) is 54.0 Å². The Balaban J connectivity index is 1.58. The van der Waals surface area contributed by atoms with Gasteiger partial charge in [-0.25, -0.2) is 13.8 Å². The maximum Gasteiger partial charge on any atom is 0.228 e. The highest BCUT2D eigenvalue weighted by atomic mass is 19.1. The van der Waals surface area contributed by atoms with E-state index in [-0.39, 0.29) is 24.0 Å². The molecule has 0 aliphatic rings. The van der Waals surface area contributed by atoms with Gasteiger partial charge in [0, 0.05) is 5.69 Å². The summed E-state index contributed by atoms with van der Waals surface area (Å²) in [5.41, 5.74) is 1.84. The summed E-state index contributed by atoms with van der Waals surface area (Å²) in [4.78, 5) is 16.2. The second-order valence-electron chi connectivity index (χ2n) is 5.42. The number of halogens is 2. The molecule has 0 aliphatic carbocycles. The maximum atomic E-state index is 13.1. The van der Waals surface area contributed by atoms with E-state index in [1.807, 2.05) is 0 Å². The Morgan fingerprint density at radius 3 is 2.36 bits per heavy atom. The molecule has 126 valence electrons. The van der Waals surface area contributed by atoms with Crippen LogP contribution in [0.4, 0.5) is 26.0 Å². The van der Waals surface area contributed by atoms with E-state index in [0.717, 1.165) is 0 Å². The van der Waals surface area contributed by atoms with Crippen molar-refractivity contribution >= 4 is 23.1 Å². The van der Waals surface area contributed by atoms with Crippen LogP contribution in [0.3, 0.4) is 0 Å². The molecule has 3 aromatic rings. The zero-order valence-electron chi connectivity index (χ0n) is 13.2. The molecule has 0 bridgehead atoms. The molecule has 2 aromatic carbocycles. The van der Waals surface area contributed by atoms with Crippen LogP contribution in [0.5, 0.6) is 0 Å². The van der Waals surface area contributed by atoms with Crippen LogP contribution < -0.4 is 10.6 Å². The number of carbonyl (C=O) groups excluding carboxylic acids is 1. The highest BCUT2D eigenvalue weighted by molar-refractivity contribution is 5.92. The summed E-state index contributed by atoms with van der Waals surface area (Å²) in [7, 11) is 0. The second kappa shape index (κ2) is 7.53. The molecule has 0 unspecified atom stereocenters. The van der Waals surface area contributed by atoms with E-state index in [1.165, 1.54) is 30.5 Å². The maximum absolute atomic E-state index is 13.1. The summed E-state index contributed by atoms with van der Waals surface area (Å²) in [6.07, 6.45) is 1.59. The van der Waals surface area contributed by atoms with Gasteiger partial charge in [-0.1, -0.05) is 12.1 Å². The number of rotatable bonds is 5. The van der Waals surface area contributed by atoms with Crippen LogP contribution in [-0.4, -0.2) is 10.9 Å². The predicted molar refractivity (Wildman–Crippen MR) is 92.7 cm³/mol. The average Bonchev–Trinajstić information content (AvgIpc) is 2.59. The Labute approximate surface area is 143 Å². The van der Waals surface area contributed by atoms with Crippen molar-refractivity contribution in [3.8, 4) is 0 Å². The lowest BCUT2D eigenvalue weighted by atomic mass is 10.1. The Bertz CT molecular complexity index is 865. The number of nitrogens with zero attached hydrogens (tertiary/aromatic N) is 1. The summed E-state index contributed by atoms with van der Waals surface area (Å²) in [6, 6.07) is 15.2. The third-order valence-electron chi connectivity index (χ3n) is 3.42. The molecule has 0 fully saturated rings. The number of amides is 1. The quantitative estimate of drug-likeness (QED) is 0.729. The molecule has 0 saturated carbocycles. The zero-order valence-corrected chi connectivity index (χ0v) is 13.2. The monoisotopic (exact) mass is 339 g/mol. The van der Waals surface area contributed by atoms with Gasteiger partial charge in [0.25, 0.3) is 0 Å². The van der Waals surface area contributed by atoms with E-state index in [1.54, 1.807) is 36.4 Å². The first-order valence-electron chi connectivity index (χ1n) is 7.61. The minimum Gasteiger partial charge on any atom is -0.340 e. The lowest BCUT2D eigenvalue weighted by Gasteiger charge is -2.08. The molecule has 0 radical (unpaired) electrons. The van der Waals surface area contributed by atoms with Crippen LogP contribution in [0.25, 0.3) is 0 Å². The van der Waals surface area contributed by atoms with Gasteiger partial charge in [0.15, 0.2) is 0 Å². The van der Waals surface area contributed by atoms with E-state index in [4.69, 9.17) is 0 Å². The number of pyridine rings is 1. The van der Waals surface area contributed by atoms with Gasteiger partial charge >= 0.3 is 0 Å². The number of aromatic nitrogens is 1. The normalized spacial score (nSPS) is 10.3. The lowest BCUT2D eigenvalue weighted by molar-refractivity contribution is -0.115. The third-order valence-corrected chi connectivity index (χ3v) is 3.42. The van der Waals surface area contributed by atoms with Crippen LogP contribution in [-0.2, 0) is 11.2 Å². The van der Waals surface area contributed by atoms with E-state index in [2.05, 4.69) is 15.6 Å². The first-order chi connectivity index (χ1) is 12.1. The summed E-state index contributed by atoms with van der Waals surface area (Å²) in [5.74, 6) is -0.376. The molecule has 2 N–H and O–H groups in total. The summed E-state index contributed by atoms with van der Waals surface area (Å²) in [5, 5.41) is 5.73. The molecule has 0 atom stereocenters. The van der Waals surface area contributed by atoms with Crippen LogP contribution in [0, 0.1) is 11.6 Å². The van der Waals surface area contributed by atoms with E-state index in [0.29, 0.717) is 22.8 Å². The van der Waals surface area contributed by atoms with Crippen molar-refractivity contribution in [2.75, 3.05) is 10.6 Å². The molecular weight excluding hydrogens is 324 g/mol. The minimum atomic E-state index is -0.372. The molecule has 6 heteroatoms. The molecule has 0 spiro atoms. The third kappa shape index (κ3) is 4.84. The molecular formula is C19H15F2N3O. The van der Waals surface area contributed by atoms with Gasteiger partial charge in [0.2, 0.25) is 5.91 Å². The van der Waals surface area contributed by atoms with Crippen molar-refractivity contribution in [3.05, 3.63) is 84.1 Å². The predicted octanol–water partition coefficient (Wildman–Crippen LogP) is 4.28. The summed E-state index contributed by atoms with van der Waals surface area (Å²) >= 11 is 0. The van der Waals surface area contributed by atoms with E-state index >= 15 is 0 Å². The van der Waals surface area contributed by atoms with Gasteiger partial charge in [-0.2, -0.15) is 0 Å². The van der Waals surface area contributed by atoms with Gasteiger partial charge in [-0.15, -0.1) is 0 Å². The highest BCUT2D eigenvalue weighted by Gasteiger charge is 2.06. The number of hydrogen-bond donors (Lipinski definition) is 2. The van der Waals surface area contributed by atoms with Crippen LogP contribution in [0.15, 0.2) is 66.9 Å². The van der Waals surface area contributed by atoms with Crippen molar-refractivity contribution in [1.29, 1.82) is 0 Å². The first kappa shape index (κ1) is 16.6. The van der Waals surface area contributed by atoms with Gasteiger partial charge in [0.1, 0.15) is 17.5 Å². The van der Waals surface area contributed by atoms with Gasteiger partial charge in [-0.05, 0) is 54.1 Å². The molecule has 3 rings (SSSR count). The molecule has 1 amide bonds. The van der Waals surface area contributed by atoms with Crippen LogP contribution in [0.1, 0.15) is 5.56 Å². The molecule has 0 saturated heterocycles. The SMILES string of the molecule is O=C(Cc1cccc(F)c1)Nc1ccc(Nc2ccc(F)cc2)nc1. The second-order valence-corrected chi connectivity index (χ2v) is 5.42. The summed E-state index contributed by atoms with van der Waals surface area (Å²) in [6.45, 7) is 0. The van der Waals surface area contributed by atoms with Crippen molar-refractivity contribution < 1.29 is 13.6 Å². The van der Waals surface area contributed by atoms with Gasteiger partial charge < -0.3 is 10.6 Å². The van der Waals surface area contributed by atoms with E-state index in [9.17, 15) is 13.6 Å². The number of benzene rings is 2. The zero-order chi connectivity index (χ0) is 17.6. The fraction of sp³-hybridized carbons (Fsp3) is 0.0526. The van der Waals surface area contributed by atoms with Gasteiger partial charge in [-0.3, -0.25) is 4.79 Å². The number of nitrogens with one attached hydrogen (secondary N) is 2. The lowest BCUT2D eigenvalue weighted by Crippen LogP contribution is -2.14. The largest absolute Gasteiger partial charge is 0.340 e. The van der Waals surface area contributed by atoms with Crippen molar-refractivity contribution in [1.82, 2.24) is 4.98 Å². The minimum absolute atomic E-state index is 0.0767. The van der Waals surface area contributed by atoms with E-state index < -0.39 is 0 Å². The highest BCUT2D eigenvalue weighted by Crippen LogP contribution is 2.17. The molecule has 4 nitrogen and oxygen atoms in total. The number of hydrogen-bond acceptors (Lipinski definition) is 3. The fourth-order valence-electron chi connectivity index (χ4n) is 2.26. The number of carbonyl (C=O) groups is 1. The standard InChI is InChI=1S/C19H15F2N3O/c20-14-4-6-16(7-5-14)23-18-9-8-17(12-22-18)24-19(25)11-13-2-1-3-15(21)10-13/h1-10,12H,11H2,(H,22,23)(H,24,25). The molecule has 25 heavy (non-hydrogen) atoms. The molecule has 1 aromatic heterocycles. The Kier molecular flexibility index (Phi) is 4.99. The van der Waals surface area contributed by atoms with Crippen molar-refractivity contribution in [2.24, 2.45) is 0 Å². The van der Waals surface area contributed by atoms with Gasteiger partial charge in [0.05, 0.1) is 18.3 Å².